The van der Waals surface area contributed by atoms with Gasteiger partial charge in [0.05, 0.1) is 22.6 Å². The molecule has 8 nitrogen and oxygen atoms in total. The molecule has 0 bridgehead atoms. The number of thiazole rings is 1. The standard InChI is InChI=1S/C30H31F2N5O3S/c1-5-17-8-7-9-18(6-2)25(17)37-26(22-15-41-28(34-22)16(3)4)35-27(38)23(30(37)40)29(39)36-11-10-19(14-36)24-21(32)12-20(31)13-33-24/h7-9,12-13,15-16,19,40H,5-6,10-11,14H2,1-4H3. The van der Waals surface area contributed by atoms with E-state index in [2.05, 4.69) is 15.0 Å². The minimum Gasteiger partial charge on any atom is -0.493 e. The van der Waals surface area contributed by atoms with Crippen LogP contribution < -0.4 is 5.56 Å². The van der Waals surface area contributed by atoms with Gasteiger partial charge in [0.25, 0.3) is 11.5 Å². The van der Waals surface area contributed by atoms with Crippen LogP contribution in [0.15, 0.2) is 40.6 Å². The molecule has 4 heterocycles. The van der Waals surface area contributed by atoms with Crippen LogP contribution >= 0.6 is 11.3 Å². The first-order valence-electron chi connectivity index (χ1n) is 13.7. The van der Waals surface area contributed by atoms with Gasteiger partial charge in [-0.2, -0.15) is 4.98 Å². The van der Waals surface area contributed by atoms with E-state index in [4.69, 9.17) is 0 Å². The second kappa shape index (κ2) is 11.5. The second-order valence-electron chi connectivity index (χ2n) is 10.4. The van der Waals surface area contributed by atoms with Crippen molar-refractivity contribution in [1.29, 1.82) is 0 Å². The predicted octanol–water partition coefficient (Wildman–Crippen LogP) is 5.61. The van der Waals surface area contributed by atoms with Gasteiger partial charge in [-0.1, -0.05) is 45.9 Å². The Morgan fingerprint density at radius 2 is 1.88 bits per heavy atom. The molecule has 1 atom stereocenters. The van der Waals surface area contributed by atoms with Crippen LogP contribution in [0.1, 0.15) is 78.1 Å². The third kappa shape index (κ3) is 5.26. The summed E-state index contributed by atoms with van der Waals surface area (Å²) in [6, 6.07) is 6.58. The molecule has 0 spiro atoms. The number of amides is 1. The van der Waals surface area contributed by atoms with Gasteiger partial charge in [0, 0.05) is 36.4 Å². The SMILES string of the molecule is CCc1cccc(CC)c1-n1c(-c2csc(C(C)C)n2)nc(=O)c(C(=O)N2CCC(c3ncc(F)cc3F)C2)c1O. The Hall–Kier alpha value is -3.99. The number of carbonyl (C=O) groups is 1. The molecule has 1 N–H and O–H groups in total. The largest absolute Gasteiger partial charge is 0.493 e. The number of aromatic nitrogens is 4. The fraction of sp³-hybridized carbons (Fsp3) is 0.367. The fourth-order valence-electron chi connectivity index (χ4n) is 5.29. The molecule has 0 aliphatic carbocycles. The molecule has 1 aliphatic rings. The predicted molar refractivity (Wildman–Crippen MR) is 153 cm³/mol. The zero-order valence-electron chi connectivity index (χ0n) is 23.3. The van der Waals surface area contributed by atoms with Gasteiger partial charge in [-0.25, -0.2) is 13.8 Å². The van der Waals surface area contributed by atoms with Crippen molar-refractivity contribution >= 4 is 17.2 Å². The van der Waals surface area contributed by atoms with E-state index in [0.29, 0.717) is 30.6 Å². The molecule has 1 fully saturated rings. The Balaban J connectivity index is 1.64. The lowest BCUT2D eigenvalue weighted by Crippen LogP contribution is -2.34. The number of pyridine rings is 1. The number of aromatic hydroxyl groups is 1. The van der Waals surface area contributed by atoms with Crippen LogP contribution in [0.5, 0.6) is 5.88 Å². The average Bonchev–Trinajstić information content (AvgIpc) is 3.63. The Morgan fingerprint density at radius 1 is 1.17 bits per heavy atom. The molecule has 5 rings (SSSR count). The van der Waals surface area contributed by atoms with Crippen molar-refractivity contribution < 1.29 is 18.7 Å². The lowest BCUT2D eigenvalue weighted by Gasteiger charge is -2.23. The van der Waals surface area contributed by atoms with Gasteiger partial charge in [0.1, 0.15) is 17.3 Å². The highest BCUT2D eigenvalue weighted by Crippen LogP contribution is 2.35. The Morgan fingerprint density at radius 3 is 2.49 bits per heavy atom. The van der Waals surface area contributed by atoms with Crippen molar-refractivity contribution in [3.05, 3.63) is 85.2 Å². The quantitative estimate of drug-likeness (QED) is 0.305. The van der Waals surface area contributed by atoms with E-state index in [9.17, 15) is 23.5 Å². The molecular formula is C30H31F2N5O3S. The van der Waals surface area contributed by atoms with Crippen LogP contribution in [0, 0.1) is 11.6 Å². The summed E-state index contributed by atoms with van der Waals surface area (Å²) < 4.78 is 29.3. The van der Waals surface area contributed by atoms with Crippen LogP contribution in [0.25, 0.3) is 17.2 Å². The minimum absolute atomic E-state index is 0.0601. The van der Waals surface area contributed by atoms with Crippen LogP contribution in [-0.4, -0.2) is 48.5 Å². The summed E-state index contributed by atoms with van der Waals surface area (Å²) in [5.74, 6) is -2.97. The summed E-state index contributed by atoms with van der Waals surface area (Å²) in [6.45, 7) is 8.28. The number of aryl methyl sites for hydroxylation is 2. The number of nitrogens with zero attached hydrogens (tertiary/aromatic N) is 5. The minimum atomic E-state index is -0.876. The Kier molecular flexibility index (Phi) is 7.99. The number of likely N-dealkylation sites (tertiary alicyclic amines) is 1. The third-order valence-electron chi connectivity index (χ3n) is 7.41. The molecule has 214 valence electrons. The molecule has 41 heavy (non-hydrogen) atoms. The van der Waals surface area contributed by atoms with Gasteiger partial charge < -0.3 is 10.0 Å². The lowest BCUT2D eigenvalue weighted by molar-refractivity contribution is 0.0784. The van der Waals surface area contributed by atoms with Gasteiger partial charge in [-0.15, -0.1) is 11.3 Å². The van der Waals surface area contributed by atoms with E-state index in [0.717, 1.165) is 28.4 Å². The zero-order chi connectivity index (χ0) is 29.4. The number of benzene rings is 1. The van der Waals surface area contributed by atoms with Crippen molar-refractivity contribution in [2.45, 2.75) is 58.8 Å². The highest BCUT2D eigenvalue weighted by atomic mass is 32.1. The molecule has 3 aromatic heterocycles. The van der Waals surface area contributed by atoms with Crippen molar-refractivity contribution in [3.8, 4) is 23.1 Å². The molecule has 1 unspecified atom stereocenters. The molecule has 1 saturated heterocycles. The van der Waals surface area contributed by atoms with E-state index in [1.807, 2.05) is 45.9 Å². The van der Waals surface area contributed by atoms with Crippen LogP contribution in [0.2, 0.25) is 0 Å². The molecule has 1 amide bonds. The lowest BCUT2D eigenvalue weighted by atomic mass is 10.0. The molecule has 1 aliphatic heterocycles. The number of rotatable bonds is 7. The molecule has 11 heteroatoms. The first-order chi connectivity index (χ1) is 19.6. The van der Waals surface area contributed by atoms with Crippen LogP contribution in [-0.2, 0) is 12.8 Å². The van der Waals surface area contributed by atoms with E-state index in [1.165, 1.54) is 20.8 Å². The first kappa shape index (κ1) is 28.5. The molecule has 4 aromatic rings. The summed E-state index contributed by atoms with van der Waals surface area (Å²) in [7, 11) is 0. The van der Waals surface area contributed by atoms with Crippen molar-refractivity contribution in [3.63, 3.8) is 0 Å². The zero-order valence-corrected chi connectivity index (χ0v) is 24.1. The van der Waals surface area contributed by atoms with Gasteiger partial charge >= 0.3 is 0 Å². The van der Waals surface area contributed by atoms with Crippen LogP contribution in [0.3, 0.4) is 0 Å². The maximum atomic E-state index is 14.4. The molecule has 0 radical (unpaired) electrons. The van der Waals surface area contributed by atoms with Gasteiger partial charge in [0.15, 0.2) is 11.4 Å². The summed E-state index contributed by atoms with van der Waals surface area (Å²) >= 11 is 1.44. The normalized spacial score (nSPS) is 15.2. The van der Waals surface area contributed by atoms with Gasteiger partial charge in [-0.3, -0.25) is 19.1 Å². The average molecular weight is 580 g/mol. The third-order valence-corrected chi connectivity index (χ3v) is 8.56. The number of para-hydroxylation sites is 1. The highest BCUT2D eigenvalue weighted by Gasteiger charge is 2.35. The summed E-state index contributed by atoms with van der Waals surface area (Å²) in [4.78, 5) is 41.5. The smallest absolute Gasteiger partial charge is 0.290 e. The molecule has 0 saturated carbocycles. The van der Waals surface area contributed by atoms with Crippen LogP contribution in [0.4, 0.5) is 8.78 Å². The summed E-state index contributed by atoms with van der Waals surface area (Å²) in [6.07, 6.45) is 2.58. The van der Waals surface area contributed by atoms with E-state index >= 15 is 0 Å². The number of hydrogen-bond acceptors (Lipinski definition) is 7. The van der Waals surface area contributed by atoms with Crippen molar-refractivity contribution in [1.82, 2.24) is 24.4 Å². The Bertz CT molecular complexity index is 1660. The van der Waals surface area contributed by atoms with Gasteiger partial charge in [0.2, 0.25) is 5.88 Å². The maximum Gasteiger partial charge on any atom is 0.290 e. The van der Waals surface area contributed by atoms with E-state index in [-0.39, 0.29) is 30.5 Å². The summed E-state index contributed by atoms with van der Waals surface area (Å²) in [5.41, 5.74) is 1.62. The fourth-order valence-corrected chi connectivity index (χ4v) is 6.10. The molecular weight excluding hydrogens is 548 g/mol. The molecule has 1 aromatic carbocycles. The second-order valence-corrected chi connectivity index (χ2v) is 11.3. The van der Waals surface area contributed by atoms with Crippen molar-refractivity contribution in [2.75, 3.05) is 13.1 Å². The van der Waals surface area contributed by atoms with Gasteiger partial charge in [-0.05, 0) is 30.4 Å². The van der Waals surface area contributed by atoms with E-state index < -0.39 is 40.5 Å². The van der Waals surface area contributed by atoms with E-state index in [1.54, 1.807) is 5.38 Å². The number of hydrogen-bond donors (Lipinski definition) is 1. The Labute approximate surface area is 240 Å². The van der Waals surface area contributed by atoms with Crippen molar-refractivity contribution in [2.24, 2.45) is 0 Å². The number of halogens is 2. The summed E-state index contributed by atoms with van der Waals surface area (Å²) in [5, 5.41) is 14.4. The number of carbonyl (C=O) groups excluding carboxylic acids is 1. The first-order valence-corrected chi connectivity index (χ1v) is 14.6. The monoisotopic (exact) mass is 579 g/mol. The topological polar surface area (TPSA) is 101 Å². The highest BCUT2D eigenvalue weighted by molar-refractivity contribution is 7.10. The maximum absolute atomic E-state index is 14.4.